The first kappa shape index (κ1) is 12.8. The van der Waals surface area contributed by atoms with Crippen LogP contribution in [-0.2, 0) is 6.42 Å². The van der Waals surface area contributed by atoms with Crippen LogP contribution in [-0.4, -0.2) is 4.98 Å². The van der Waals surface area contributed by atoms with Crippen molar-refractivity contribution in [1.82, 2.24) is 10.4 Å². The van der Waals surface area contributed by atoms with Crippen LogP contribution in [0.25, 0.3) is 0 Å². The average molecular weight is 263 g/mol. The third-order valence-corrected chi connectivity index (χ3v) is 3.01. The Hall–Kier alpha value is -1.62. The fraction of sp³-hybridized carbons (Fsp3) is 0.154. The van der Waals surface area contributed by atoms with Crippen LogP contribution in [0.3, 0.4) is 0 Å². The third-order valence-electron chi connectivity index (χ3n) is 2.78. The van der Waals surface area contributed by atoms with E-state index in [0.717, 1.165) is 11.1 Å². The van der Waals surface area contributed by atoms with Gasteiger partial charge >= 0.3 is 0 Å². The molecule has 5 heteroatoms. The Balaban J connectivity index is 2.23. The van der Waals surface area contributed by atoms with Gasteiger partial charge in [-0.1, -0.05) is 29.8 Å². The van der Waals surface area contributed by atoms with Gasteiger partial charge in [0.05, 0.1) is 6.04 Å². The zero-order valence-electron chi connectivity index (χ0n) is 9.81. The lowest BCUT2D eigenvalue weighted by atomic mass is 10.00. The second kappa shape index (κ2) is 5.82. The molecule has 18 heavy (non-hydrogen) atoms. The molecule has 0 saturated heterocycles. The smallest absolute Gasteiger partial charge is 0.128 e. The number of aromatic nitrogens is 1. The van der Waals surface area contributed by atoms with Crippen LogP contribution >= 0.6 is 11.6 Å². The van der Waals surface area contributed by atoms with Crippen LogP contribution in [0.4, 0.5) is 5.82 Å². The molecule has 0 spiro atoms. The lowest BCUT2D eigenvalue weighted by Crippen LogP contribution is -2.30. The number of nitrogens with zero attached hydrogens (tertiary/aromatic N) is 1. The molecule has 1 unspecified atom stereocenters. The summed E-state index contributed by atoms with van der Waals surface area (Å²) in [6, 6.07) is 11.3. The van der Waals surface area contributed by atoms with Crippen molar-refractivity contribution in [1.29, 1.82) is 0 Å². The van der Waals surface area contributed by atoms with Gasteiger partial charge in [-0.3, -0.25) is 11.3 Å². The molecule has 0 fully saturated rings. The second-order valence-corrected chi connectivity index (χ2v) is 4.47. The fourth-order valence-corrected chi connectivity index (χ4v) is 2.10. The SMILES string of the molecule is NNC(Cc1cccc(Cl)c1)c1cccnc1N. The fourth-order valence-electron chi connectivity index (χ4n) is 1.88. The highest BCUT2D eigenvalue weighted by Gasteiger charge is 2.13. The number of hydrogen-bond donors (Lipinski definition) is 3. The highest BCUT2D eigenvalue weighted by Crippen LogP contribution is 2.22. The Morgan fingerprint density at radius 2 is 2.11 bits per heavy atom. The molecule has 94 valence electrons. The van der Waals surface area contributed by atoms with Gasteiger partial charge in [0.1, 0.15) is 5.82 Å². The molecule has 0 radical (unpaired) electrons. The van der Waals surface area contributed by atoms with Gasteiger partial charge in [-0.05, 0) is 30.2 Å². The number of benzene rings is 1. The van der Waals surface area contributed by atoms with Crippen LogP contribution in [0.15, 0.2) is 42.6 Å². The number of nitrogens with one attached hydrogen (secondary N) is 1. The van der Waals surface area contributed by atoms with E-state index in [4.69, 9.17) is 23.2 Å². The molecule has 4 nitrogen and oxygen atoms in total. The highest BCUT2D eigenvalue weighted by atomic mass is 35.5. The molecule has 2 aromatic rings. The van der Waals surface area contributed by atoms with Crippen molar-refractivity contribution in [2.75, 3.05) is 5.73 Å². The van der Waals surface area contributed by atoms with E-state index in [0.29, 0.717) is 17.3 Å². The van der Waals surface area contributed by atoms with Crippen molar-refractivity contribution in [2.45, 2.75) is 12.5 Å². The summed E-state index contributed by atoms with van der Waals surface area (Å²) in [7, 11) is 0. The monoisotopic (exact) mass is 262 g/mol. The van der Waals surface area contributed by atoms with Crippen molar-refractivity contribution in [2.24, 2.45) is 5.84 Å². The third kappa shape index (κ3) is 2.98. The van der Waals surface area contributed by atoms with Crippen molar-refractivity contribution in [3.63, 3.8) is 0 Å². The Morgan fingerprint density at radius 3 is 2.78 bits per heavy atom. The van der Waals surface area contributed by atoms with E-state index >= 15 is 0 Å². The number of nitrogen functional groups attached to an aromatic ring is 1. The molecule has 2 rings (SSSR count). The van der Waals surface area contributed by atoms with Gasteiger partial charge in [0.15, 0.2) is 0 Å². The minimum absolute atomic E-state index is 0.0860. The highest BCUT2D eigenvalue weighted by molar-refractivity contribution is 6.30. The Kier molecular flexibility index (Phi) is 4.15. The largest absolute Gasteiger partial charge is 0.383 e. The minimum Gasteiger partial charge on any atom is -0.383 e. The predicted octanol–water partition coefficient (Wildman–Crippen LogP) is 2.06. The van der Waals surface area contributed by atoms with Gasteiger partial charge in [0.25, 0.3) is 0 Å². The van der Waals surface area contributed by atoms with Crippen molar-refractivity contribution >= 4 is 17.4 Å². The molecule has 1 aromatic carbocycles. The molecule has 0 aliphatic rings. The first-order chi connectivity index (χ1) is 8.70. The molecule has 0 saturated carbocycles. The van der Waals surface area contributed by atoms with E-state index in [2.05, 4.69) is 10.4 Å². The molecule has 0 bridgehead atoms. The number of nitrogens with two attached hydrogens (primary N) is 2. The minimum atomic E-state index is -0.0860. The van der Waals surface area contributed by atoms with E-state index in [1.165, 1.54) is 0 Å². The summed E-state index contributed by atoms with van der Waals surface area (Å²) in [6.07, 6.45) is 2.36. The van der Waals surface area contributed by atoms with E-state index < -0.39 is 0 Å². The molecular weight excluding hydrogens is 248 g/mol. The predicted molar refractivity (Wildman–Crippen MR) is 73.9 cm³/mol. The van der Waals surface area contributed by atoms with Crippen LogP contribution in [0, 0.1) is 0 Å². The van der Waals surface area contributed by atoms with Gasteiger partial charge in [0, 0.05) is 16.8 Å². The van der Waals surface area contributed by atoms with Gasteiger partial charge < -0.3 is 5.73 Å². The van der Waals surface area contributed by atoms with Crippen molar-refractivity contribution in [3.05, 3.63) is 58.7 Å². The second-order valence-electron chi connectivity index (χ2n) is 4.03. The van der Waals surface area contributed by atoms with Crippen LogP contribution in [0.5, 0.6) is 0 Å². The van der Waals surface area contributed by atoms with Gasteiger partial charge in [-0.15, -0.1) is 0 Å². The van der Waals surface area contributed by atoms with Gasteiger partial charge in [-0.2, -0.15) is 0 Å². The number of rotatable bonds is 4. The normalized spacial score (nSPS) is 12.3. The molecule has 0 amide bonds. The zero-order valence-corrected chi connectivity index (χ0v) is 10.6. The first-order valence-corrected chi connectivity index (χ1v) is 5.99. The average Bonchev–Trinajstić information content (AvgIpc) is 2.37. The maximum atomic E-state index is 5.96. The van der Waals surface area contributed by atoms with E-state index in [-0.39, 0.29) is 6.04 Å². The molecule has 1 heterocycles. The number of hydrazine groups is 1. The topological polar surface area (TPSA) is 77.0 Å². The summed E-state index contributed by atoms with van der Waals surface area (Å²) in [5, 5.41) is 0.711. The summed E-state index contributed by atoms with van der Waals surface area (Å²) in [5.41, 5.74) is 10.6. The van der Waals surface area contributed by atoms with E-state index in [9.17, 15) is 0 Å². The zero-order chi connectivity index (χ0) is 13.0. The Morgan fingerprint density at radius 1 is 1.28 bits per heavy atom. The van der Waals surface area contributed by atoms with Crippen LogP contribution < -0.4 is 17.0 Å². The van der Waals surface area contributed by atoms with Gasteiger partial charge in [0.2, 0.25) is 0 Å². The number of hydrogen-bond acceptors (Lipinski definition) is 4. The summed E-state index contributed by atoms with van der Waals surface area (Å²) < 4.78 is 0. The Bertz CT molecular complexity index is 530. The number of halogens is 1. The standard InChI is InChI=1S/C13H15ClN4/c14-10-4-1-3-9(7-10)8-12(18-16)11-5-2-6-17-13(11)15/h1-7,12,18H,8,16H2,(H2,15,17). The van der Waals surface area contributed by atoms with E-state index in [1.54, 1.807) is 6.20 Å². The summed E-state index contributed by atoms with van der Waals surface area (Å²) in [5.74, 6) is 6.08. The number of pyridine rings is 1. The lowest BCUT2D eigenvalue weighted by molar-refractivity contribution is 0.552. The summed E-state index contributed by atoms with van der Waals surface area (Å²) in [4.78, 5) is 4.06. The molecule has 1 atom stereocenters. The van der Waals surface area contributed by atoms with Crippen molar-refractivity contribution < 1.29 is 0 Å². The molecule has 1 aromatic heterocycles. The van der Waals surface area contributed by atoms with Crippen LogP contribution in [0.2, 0.25) is 5.02 Å². The molecule has 0 aliphatic heterocycles. The molecular formula is C13H15ClN4. The molecule has 5 N–H and O–H groups in total. The Labute approximate surface area is 111 Å². The van der Waals surface area contributed by atoms with Crippen LogP contribution in [0.1, 0.15) is 17.2 Å². The first-order valence-electron chi connectivity index (χ1n) is 5.61. The molecule has 0 aliphatic carbocycles. The summed E-state index contributed by atoms with van der Waals surface area (Å²) in [6.45, 7) is 0. The summed E-state index contributed by atoms with van der Waals surface area (Å²) >= 11 is 5.96. The maximum absolute atomic E-state index is 5.96. The van der Waals surface area contributed by atoms with Crippen molar-refractivity contribution in [3.8, 4) is 0 Å². The number of anilines is 1. The quantitative estimate of drug-likeness (QED) is 0.582. The lowest BCUT2D eigenvalue weighted by Gasteiger charge is -2.17. The maximum Gasteiger partial charge on any atom is 0.128 e. The van der Waals surface area contributed by atoms with Gasteiger partial charge in [-0.25, -0.2) is 4.98 Å². The van der Waals surface area contributed by atoms with E-state index in [1.807, 2.05) is 36.4 Å².